The third-order valence-electron chi connectivity index (χ3n) is 2.75. The molecule has 1 aliphatic rings. The van der Waals surface area contributed by atoms with Crippen LogP contribution in [0.5, 0.6) is 0 Å². The second-order valence-electron chi connectivity index (χ2n) is 4.05. The Bertz CT molecular complexity index is 213. The number of carbonyl (C=O) groups is 1. The first-order valence-electron chi connectivity index (χ1n) is 5.68. The summed E-state index contributed by atoms with van der Waals surface area (Å²) in [5, 5.41) is 0.974. The van der Waals surface area contributed by atoms with Crippen molar-refractivity contribution in [3.8, 4) is 0 Å². The highest BCUT2D eigenvalue weighted by Crippen LogP contribution is 2.18. The van der Waals surface area contributed by atoms with Gasteiger partial charge in [-0.15, -0.1) is 0 Å². The Morgan fingerprint density at radius 2 is 2.31 bits per heavy atom. The molecule has 1 saturated heterocycles. The molecule has 1 rings (SSSR count). The normalized spacial score (nSPS) is 21.1. The Morgan fingerprint density at radius 3 is 3.00 bits per heavy atom. The van der Waals surface area contributed by atoms with Gasteiger partial charge in [0.2, 0.25) is 5.91 Å². The van der Waals surface area contributed by atoms with Crippen molar-refractivity contribution in [3.05, 3.63) is 0 Å². The van der Waals surface area contributed by atoms with E-state index in [1.165, 1.54) is 6.42 Å². The van der Waals surface area contributed by atoms with Crippen molar-refractivity contribution >= 4 is 21.8 Å². The highest BCUT2D eigenvalue weighted by molar-refractivity contribution is 9.09. The summed E-state index contributed by atoms with van der Waals surface area (Å²) in [7, 11) is 1.62. The van der Waals surface area contributed by atoms with Gasteiger partial charge in [-0.25, -0.2) is 0 Å². The molecule has 4 nitrogen and oxygen atoms in total. The molecule has 0 aliphatic carbocycles. The molecule has 5 heteroatoms. The van der Waals surface area contributed by atoms with Crippen LogP contribution in [0.4, 0.5) is 0 Å². The standard InChI is InChI=1S/C11H20BrNO3/c1-15-5-6-16-9-11(14)13-4-2-3-10(7-12)8-13/h10H,2-9H2,1H3. The van der Waals surface area contributed by atoms with Crippen molar-refractivity contribution in [2.24, 2.45) is 5.92 Å². The van der Waals surface area contributed by atoms with Gasteiger partial charge in [-0.05, 0) is 18.8 Å². The lowest BCUT2D eigenvalue weighted by molar-refractivity contribution is -0.138. The highest BCUT2D eigenvalue weighted by Gasteiger charge is 2.22. The molecule has 16 heavy (non-hydrogen) atoms. The number of hydrogen-bond acceptors (Lipinski definition) is 3. The molecular formula is C11H20BrNO3. The Hall–Kier alpha value is -0.130. The van der Waals surface area contributed by atoms with E-state index in [9.17, 15) is 4.79 Å². The van der Waals surface area contributed by atoms with Gasteiger partial charge in [-0.1, -0.05) is 15.9 Å². The fourth-order valence-corrected chi connectivity index (χ4v) is 2.34. The molecule has 1 unspecified atom stereocenters. The van der Waals surface area contributed by atoms with Crippen molar-refractivity contribution in [1.82, 2.24) is 4.90 Å². The van der Waals surface area contributed by atoms with Crippen molar-refractivity contribution in [3.63, 3.8) is 0 Å². The number of carbonyl (C=O) groups excluding carboxylic acids is 1. The van der Waals surface area contributed by atoms with E-state index in [2.05, 4.69) is 15.9 Å². The van der Waals surface area contributed by atoms with Crippen LogP contribution in [0.15, 0.2) is 0 Å². The molecule has 0 aromatic heterocycles. The minimum Gasteiger partial charge on any atom is -0.382 e. The Morgan fingerprint density at radius 1 is 1.50 bits per heavy atom. The number of rotatable bonds is 6. The minimum absolute atomic E-state index is 0.0988. The number of alkyl halides is 1. The minimum atomic E-state index is 0.0988. The van der Waals surface area contributed by atoms with Gasteiger partial charge >= 0.3 is 0 Å². The maximum atomic E-state index is 11.8. The summed E-state index contributed by atoms with van der Waals surface area (Å²) in [6.07, 6.45) is 2.31. The zero-order chi connectivity index (χ0) is 11.8. The third-order valence-corrected chi connectivity index (χ3v) is 3.66. The van der Waals surface area contributed by atoms with Crippen LogP contribution in [0.1, 0.15) is 12.8 Å². The summed E-state index contributed by atoms with van der Waals surface area (Å²) in [4.78, 5) is 13.7. The van der Waals surface area contributed by atoms with E-state index in [1.54, 1.807) is 7.11 Å². The Balaban J connectivity index is 2.19. The molecule has 1 atom stereocenters. The first-order valence-corrected chi connectivity index (χ1v) is 6.80. The predicted octanol–water partition coefficient (Wildman–Crippen LogP) is 1.28. The zero-order valence-corrected chi connectivity index (χ0v) is 11.4. The molecule has 0 aromatic carbocycles. The van der Waals surface area contributed by atoms with Gasteiger partial charge in [0.1, 0.15) is 6.61 Å². The van der Waals surface area contributed by atoms with Crippen LogP contribution >= 0.6 is 15.9 Å². The third kappa shape index (κ3) is 4.80. The second kappa shape index (κ2) is 8.03. The fourth-order valence-electron chi connectivity index (χ4n) is 1.81. The molecule has 0 aromatic rings. The zero-order valence-electron chi connectivity index (χ0n) is 9.78. The lowest BCUT2D eigenvalue weighted by atomic mass is 10.0. The number of halogens is 1. The monoisotopic (exact) mass is 293 g/mol. The van der Waals surface area contributed by atoms with E-state index in [1.807, 2.05) is 4.90 Å². The average Bonchev–Trinajstić information content (AvgIpc) is 2.34. The van der Waals surface area contributed by atoms with Crippen LogP contribution < -0.4 is 0 Å². The summed E-state index contributed by atoms with van der Waals surface area (Å²) in [6, 6.07) is 0. The summed E-state index contributed by atoms with van der Waals surface area (Å²) in [6.45, 7) is 2.93. The van der Waals surface area contributed by atoms with Gasteiger partial charge in [0.15, 0.2) is 0 Å². The van der Waals surface area contributed by atoms with Crippen molar-refractivity contribution in [2.45, 2.75) is 12.8 Å². The maximum Gasteiger partial charge on any atom is 0.248 e. The topological polar surface area (TPSA) is 38.8 Å². The summed E-state index contributed by atoms with van der Waals surface area (Å²) >= 11 is 3.47. The number of nitrogens with zero attached hydrogens (tertiary/aromatic N) is 1. The SMILES string of the molecule is COCCOCC(=O)N1CCCC(CBr)C1. The number of likely N-dealkylation sites (tertiary alicyclic amines) is 1. The van der Waals surface area contributed by atoms with Crippen LogP contribution in [0.3, 0.4) is 0 Å². The smallest absolute Gasteiger partial charge is 0.248 e. The molecule has 0 N–H and O–H groups in total. The summed E-state index contributed by atoms with van der Waals surface area (Å²) < 4.78 is 10.1. The lowest BCUT2D eigenvalue weighted by Gasteiger charge is -2.31. The summed E-state index contributed by atoms with van der Waals surface area (Å²) in [5.74, 6) is 0.693. The first kappa shape index (κ1) is 13.9. The molecule has 0 bridgehead atoms. The number of amides is 1. The summed E-state index contributed by atoms with van der Waals surface area (Å²) in [5.41, 5.74) is 0. The Kier molecular flexibility index (Phi) is 7.00. The van der Waals surface area contributed by atoms with Crippen molar-refractivity contribution in [1.29, 1.82) is 0 Å². The van der Waals surface area contributed by atoms with Gasteiger partial charge < -0.3 is 14.4 Å². The predicted molar refractivity (Wildman–Crippen MR) is 65.8 cm³/mol. The number of hydrogen-bond donors (Lipinski definition) is 0. The number of methoxy groups -OCH3 is 1. The Labute approximate surface area is 105 Å². The van der Waals surface area contributed by atoms with Gasteiger partial charge in [-0.2, -0.15) is 0 Å². The van der Waals surface area contributed by atoms with Crippen LogP contribution in [0.25, 0.3) is 0 Å². The first-order chi connectivity index (χ1) is 7.77. The van der Waals surface area contributed by atoms with Crippen LogP contribution in [-0.4, -0.2) is 56.2 Å². The highest BCUT2D eigenvalue weighted by atomic mass is 79.9. The lowest BCUT2D eigenvalue weighted by Crippen LogP contribution is -2.42. The van der Waals surface area contributed by atoms with E-state index in [4.69, 9.17) is 9.47 Å². The van der Waals surface area contributed by atoms with Crippen LogP contribution in [0, 0.1) is 5.92 Å². The molecule has 1 amide bonds. The maximum absolute atomic E-state index is 11.8. The molecular weight excluding hydrogens is 274 g/mol. The molecule has 1 fully saturated rings. The van der Waals surface area contributed by atoms with E-state index < -0.39 is 0 Å². The largest absolute Gasteiger partial charge is 0.382 e. The van der Waals surface area contributed by atoms with Gasteiger partial charge in [0.05, 0.1) is 13.2 Å². The van der Waals surface area contributed by atoms with E-state index in [-0.39, 0.29) is 12.5 Å². The van der Waals surface area contributed by atoms with E-state index in [0.717, 1.165) is 24.8 Å². The molecule has 0 radical (unpaired) electrons. The van der Waals surface area contributed by atoms with Crippen LogP contribution in [-0.2, 0) is 14.3 Å². The molecule has 1 heterocycles. The van der Waals surface area contributed by atoms with Crippen molar-refractivity contribution in [2.75, 3.05) is 45.4 Å². The van der Waals surface area contributed by atoms with E-state index in [0.29, 0.717) is 19.1 Å². The molecule has 0 spiro atoms. The second-order valence-corrected chi connectivity index (χ2v) is 4.70. The number of piperidine rings is 1. The van der Waals surface area contributed by atoms with Gasteiger partial charge in [0, 0.05) is 25.5 Å². The van der Waals surface area contributed by atoms with Gasteiger partial charge in [0.25, 0.3) is 0 Å². The number of ether oxygens (including phenoxy) is 2. The van der Waals surface area contributed by atoms with Gasteiger partial charge in [-0.3, -0.25) is 4.79 Å². The molecule has 0 saturated carbocycles. The quantitative estimate of drug-likeness (QED) is 0.547. The van der Waals surface area contributed by atoms with E-state index >= 15 is 0 Å². The molecule has 94 valence electrons. The van der Waals surface area contributed by atoms with Crippen LogP contribution in [0.2, 0.25) is 0 Å². The molecule has 1 aliphatic heterocycles. The fraction of sp³-hybridized carbons (Fsp3) is 0.909. The average molecular weight is 294 g/mol. The van der Waals surface area contributed by atoms with Crippen molar-refractivity contribution < 1.29 is 14.3 Å².